The van der Waals surface area contributed by atoms with Crippen LogP contribution < -0.4 is 11.1 Å². The normalized spacial score (nSPS) is 15.4. The number of nitrogens with two attached hydrogens (primary N) is 1. The molecule has 5 heteroatoms. The monoisotopic (exact) mass is 290 g/mol. The summed E-state index contributed by atoms with van der Waals surface area (Å²) < 4.78 is 5.00. The van der Waals surface area contributed by atoms with Gasteiger partial charge in [0.2, 0.25) is 0 Å². The quantitative estimate of drug-likeness (QED) is 0.640. The molecule has 1 aromatic rings. The Morgan fingerprint density at radius 2 is 1.90 bits per heavy atom. The number of hydrogen-bond acceptors (Lipinski definition) is 4. The van der Waals surface area contributed by atoms with Gasteiger partial charge < -0.3 is 15.8 Å². The summed E-state index contributed by atoms with van der Waals surface area (Å²) in [6.07, 6.45) is 5.65. The minimum Gasteiger partial charge on any atom is -0.455 e. The highest BCUT2D eigenvalue weighted by molar-refractivity contribution is 5.82. The fourth-order valence-corrected chi connectivity index (χ4v) is 2.56. The number of carbonyl (C=O) groups is 2. The summed E-state index contributed by atoms with van der Waals surface area (Å²) in [5.41, 5.74) is 7.04. The summed E-state index contributed by atoms with van der Waals surface area (Å²) >= 11 is 0. The number of nitrogen functional groups attached to an aromatic ring is 1. The van der Waals surface area contributed by atoms with Gasteiger partial charge >= 0.3 is 5.97 Å². The maximum Gasteiger partial charge on any atom is 0.310 e. The van der Waals surface area contributed by atoms with Crippen LogP contribution in [0.1, 0.15) is 37.7 Å². The predicted molar refractivity (Wildman–Crippen MR) is 80.5 cm³/mol. The Morgan fingerprint density at radius 3 is 2.62 bits per heavy atom. The smallest absolute Gasteiger partial charge is 0.310 e. The molecule has 1 aliphatic rings. The maximum absolute atomic E-state index is 11.7. The molecule has 0 aliphatic heterocycles. The van der Waals surface area contributed by atoms with E-state index >= 15 is 0 Å². The van der Waals surface area contributed by atoms with Crippen molar-refractivity contribution in [2.24, 2.45) is 0 Å². The first kappa shape index (κ1) is 15.4. The maximum atomic E-state index is 11.7. The van der Waals surface area contributed by atoms with Crippen molar-refractivity contribution in [1.82, 2.24) is 5.32 Å². The van der Waals surface area contributed by atoms with E-state index in [2.05, 4.69) is 5.32 Å². The Bertz CT molecular complexity index is 496. The average molecular weight is 290 g/mol. The van der Waals surface area contributed by atoms with Crippen molar-refractivity contribution in [3.05, 3.63) is 29.8 Å². The number of hydrogen-bond donors (Lipinski definition) is 2. The number of ether oxygens (including phenoxy) is 1. The molecule has 2 rings (SSSR count). The number of rotatable bonds is 5. The van der Waals surface area contributed by atoms with E-state index in [1.54, 1.807) is 12.1 Å². The number of nitrogens with one attached hydrogen (secondary N) is 1. The summed E-state index contributed by atoms with van der Waals surface area (Å²) in [7, 11) is 0. The fraction of sp³-hybridized carbons (Fsp3) is 0.500. The molecular weight excluding hydrogens is 268 g/mol. The molecule has 1 fully saturated rings. The minimum atomic E-state index is -0.438. The molecule has 114 valence electrons. The first-order chi connectivity index (χ1) is 10.1. The van der Waals surface area contributed by atoms with Crippen molar-refractivity contribution in [2.45, 2.75) is 44.6 Å². The molecule has 3 N–H and O–H groups in total. The second kappa shape index (κ2) is 7.67. The molecule has 0 radical (unpaired) electrons. The molecule has 0 bridgehead atoms. The van der Waals surface area contributed by atoms with Crippen molar-refractivity contribution < 1.29 is 14.3 Å². The van der Waals surface area contributed by atoms with Gasteiger partial charge in [-0.15, -0.1) is 0 Å². The van der Waals surface area contributed by atoms with E-state index in [9.17, 15) is 9.59 Å². The zero-order chi connectivity index (χ0) is 15.1. The second-order valence-corrected chi connectivity index (χ2v) is 5.44. The largest absolute Gasteiger partial charge is 0.455 e. The van der Waals surface area contributed by atoms with Crippen LogP contribution >= 0.6 is 0 Å². The van der Waals surface area contributed by atoms with Crippen molar-refractivity contribution in [1.29, 1.82) is 0 Å². The molecule has 0 spiro atoms. The summed E-state index contributed by atoms with van der Waals surface area (Å²) in [6, 6.07) is 7.36. The van der Waals surface area contributed by atoms with Gasteiger partial charge in [0, 0.05) is 11.7 Å². The highest BCUT2D eigenvalue weighted by atomic mass is 16.5. The second-order valence-electron chi connectivity index (χ2n) is 5.44. The van der Waals surface area contributed by atoms with E-state index < -0.39 is 5.97 Å². The van der Waals surface area contributed by atoms with Gasteiger partial charge in [0.1, 0.15) is 0 Å². The molecule has 21 heavy (non-hydrogen) atoms. The van der Waals surface area contributed by atoms with Crippen molar-refractivity contribution in [3.8, 4) is 0 Å². The van der Waals surface area contributed by atoms with Crippen LogP contribution in [0.5, 0.6) is 0 Å². The highest BCUT2D eigenvalue weighted by Crippen LogP contribution is 2.17. The Morgan fingerprint density at radius 1 is 1.19 bits per heavy atom. The van der Waals surface area contributed by atoms with Crippen LogP contribution in [-0.4, -0.2) is 24.5 Å². The molecule has 0 atom stereocenters. The van der Waals surface area contributed by atoms with E-state index in [-0.39, 0.29) is 25.0 Å². The third kappa shape index (κ3) is 5.10. The van der Waals surface area contributed by atoms with Gasteiger partial charge in [0.15, 0.2) is 6.61 Å². The summed E-state index contributed by atoms with van der Waals surface area (Å²) in [4.78, 5) is 23.4. The van der Waals surface area contributed by atoms with Crippen LogP contribution in [0.25, 0.3) is 0 Å². The van der Waals surface area contributed by atoms with Crippen LogP contribution in [0.4, 0.5) is 5.69 Å². The standard InChI is InChI=1S/C16H22N2O3/c17-14-9-5-4-6-12(14)10-16(20)21-11-15(19)18-13-7-2-1-3-8-13/h4-6,9,13H,1-3,7-8,10-11,17H2,(H,18,19). The molecule has 1 aromatic carbocycles. The Balaban J connectivity index is 1.71. The zero-order valence-corrected chi connectivity index (χ0v) is 12.1. The molecule has 1 aliphatic carbocycles. The summed E-state index contributed by atoms with van der Waals surface area (Å²) in [5.74, 6) is -0.664. The first-order valence-corrected chi connectivity index (χ1v) is 7.43. The number of para-hydroxylation sites is 1. The molecule has 0 saturated heterocycles. The van der Waals surface area contributed by atoms with E-state index in [1.165, 1.54) is 6.42 Å². The van der Waals surface area contributed by atoms with Gasteiger partial charge in [-0.1, -0.05) is 37.5 Å². The topological polar surface area (TPSA) is 81.4 Å². The number of benzene rings is 1. The Kier molecular flexibility index (Phi) is 5.60. The van der Waals surface area contributed by atoms with Gasteiger partial charge in [-0.2, -0.15) is 0 Å². The lowest BCUT2D eigenvalue weighted by Crippen LogP contribution is -2.38. The molecule has 1 amide bonds. The van der Waals surface area contributed by atoms with Crippen molar-refractivity contribution >= 4 is 17.6 Å². The van der Waals surface area contributed by atoms with E-state index in [4.69, 9.17) is 10.5 Å². The molecular formula is C16H22N2O3. The molecule has 5 nitrogen and oxygen atoms in total. The van der Waals surface area contributed by atoms with Gasteiger partial charge in [0.25, 0.3) is 5.91 Å². The van der Waals surface area contributed by atoms with Crippen LogP contribution in [0, 0.1) is 0 Å². The van der Waals surface area contributed by atoms with E-state index in [0.717, 1.165) is 31.2 Å². The average Bonchev–Trinajstić information content (AvgIpc) is 2.49. The van der Waals surface area contributed by atoms with E-state index in [0.29, 0.717) is 5.69 Å². The lowest BCUT2D eigenvalue weighted by atomic mass is 9.95. The summed E-state index contributed by atoms with van der Waals surface area (Å²) in [6.45, 7) is -0.220. The molecule has 0 aromatic heterocycles. The number of esters is 1. The van der Waals surface area contributed by atoms with Crippen molar-refractivity contribution in [3.63, 3.8) is 0 Å². The third-order valence-corrected chi connectivity index (χ3v) is 3.72. The Labute approximate surface area is 124 Å². The molecule has 0 heterocycles. The van der Waals surface area contributed by atoms with Crippen LogP contribution in [0.2, 0.25) is 0 Å². The van der Waals surface area contributed by atoms with Gasteiger partial charge in [-0.3, -0.25) is 9.59 Å². The third-order valence-electron chi connectivity index (χ3n) is 3.72. The zero-order valence-electron chi connectivity index (χ0n) is 12.1. The van der Waals surface area contributed by atoms with Crippen LogP contribution in [-0.2, 0) is 20.7 Å². The van der Waals surface area contributed by atoms with Gasteiger partial charge in [-0.25, -0.2) is 0 Å². The fourth-order valence-electron chi connectivity index (χ4n) is 2.56. The van der Waals surface area contributed by atoms with Crippen molar-refractivity contribution in [2.75, 3.05) is 12.3 Å². The molecule has 1 saturated carbocycles. The minimum absolute atomic E-state index is 0.0867. The van der Waals surface area contributed by atoms with Gasteiger partial charge in [-0.05, 0) is 24.5 Å². The SMILES string of the molecule is Nc1ccccc1CC(=O)OCC(=O)NC1CCCCC1. The predicted octanol–water partition coefficient (Wildman–Crippen LogP) is 1.80. The van der Waals surface area contributed by atoms with Crippen LogP contribution in [0.15, 0.2) is 24.3 Å². The van der Waals surface area contributed by atoms with E-state index in [1.807, 2.05) is 12.1 Å². The lowest BCUT2D eigenvalue weighted by molar-refractivity contribution is -0.148. The Hall–Kier alpha value is -2.04. The number of amides is 1. The first-order valence-electron chi connectivity index (χ1n) is 7.43. The lowest BCUT2D eigenvalue weighted by Gasteiger charge is -2.22. The summed E-state index contributed by atoms with van der Waals surface area (Å²) in [5, 5.41) is 2.91. The molecule has 0 unspecified atom stereocenters. The van der Waals surface area contributed by atoms with Crippen LogP contribution in [0.3, 0.4) is 0 Å². The van der Waals surface area contributed by atoms with Gasteiger partial charge in [0.05, 0.1) is 6.42 Å². The number of carbonyl (C=O) groups excluding carboxylic acids is 2. The number of anilines is 1. The highest BCUT2D eigenvalue weighted by Gasteiger charge is 2.16.